The van der Waals surface area contributed by atoms with Crippen LogP contribution in [0.5, 0.6) is 11.5 Å². The van der Waals surface area contributed by atoms with E-state index in [0.29, 0.717) is 28.5 Å². The molecule has 0 bridgehead atoms. The van der Waals surface area contributed by atoms with Gasteiger partial charge in [0.25, 0.3) is 11.8 Å². The topological polar surface area (TPSA) is 76.2 Å². The maximum Gasteiger partial charge on any atom is 0.264 e. The van der Waals surface area contributed by atoms with Crippen LogP contribution >= 0.6 is 27.3 Å². The summed E-state index contributed by atoms with van der Waals surface area (Å²) in [5, 5.41) is 1.81. The third-order valence-corrected chi connectivity index (χ3v) is 7.05. The van der Waals surface area contributed by atoms with Crippen molar-refractivity contribution >= 4 is 50.7 Å². The highest BCUT2D eigenvalue weighted by Gasteiger charge is 2.44. The molecule has 4 rings (SSSR count). The summed E-state index contributed by atoms with van der Waals surface area (Å²) >= 11 is 4.67. The molecule has 1 fully saturated rings. The molecule has 0 spiro atoms. The lowest BCUT2D eigenvalue weighted by molar-refractivity contribution is -0.122. The highest BCUT2D eigenvalue weighted by molar-refractivity contribution is 9.10. The third kappa shape index (κ3) is 4.85. The Hall–Kier alpha value is -3.17. The molecule has 0 aliphatic carbocycles. The molecule has 1 atom stereocenters. The quantitative estimate of drug-likeness (QED) is 0.390. The van der Waals surface area contributed by atoms with Gasteiger partial charge in [0, 0.05) is 11.0 Å². The number of anilines is 1. The molecule has 0 N–H and O–H groups in total. The molecule has 7 nitrogen and oxygen atoms in total. The number of methoxy groups -OCH3 is 2. The highest BCUT2D eigenvalue weighted by atomic mass is 79.9. The lowest BCUT2D eigenvalue weighted by Crippen LogP contribution is -2.46. The molecule has 0 radical (unpaired) electrons. The summed E-state index contributed by atoms with van der Waals surface area (Å²) in [6.07, 6.45) is 0.422. The standard InChI is InChI=1S/C25H23BrN2O5S/c1-32-20-10-5-16(14-21(20)33-2)11-12-27(25(31)22-4-3-13-34-22)19-15-23(29)28(24(19)30)18-8-6-17(26)7-9-18/h3-10,13-14,19H,11-12,15H2,1-2H3. The van der Waals surface area contributed by atoms with E-state index in [0.717, 1.165) is 10.0 Å². The molecule has 9 heteroatoms. The van der Waals surface area contributed by atoms with E-state index in [2.05, 4.69) is 15.9 Å². The van der Waals surface area contributed by atoms with E-state index in [9.17, 15) is 14.4 Å². The van der Waals surface area contributed by atoms with Gasteiger partial charge in [0.05, 0.1) is 31.2 Å². The molecule has 34 heavy (non-hydrogen) atoms. The van der Waals surface area contributed by atoms with Gasteiger partial charge in [-0.25, -0.2) is 4.90 Å². The number of imide groups is 1. The number of amides is 3. The summed E-state index contributed by atoms with van der Waals surface area (Å²) in [6, 6.07) is 15.2. The summed E-state index contributed by atoms with van der Waals surface area (Å²) < 4.78 is 11.5. The number of hydrogen-bond donors (Lipinski definition) is 0. The average Bonchev–Trinajstić information content (AvgIpc) is 3.48. The lowest BCUT2D eigenvalue weighted by atomic mass is 10.1. The summed E-state index contributed by atoms with van der Waals surface area (Å²) in [7, 11) is 3.13. The number of benzene rings is 2. The number of thiophene rings is 1. The van der Waals surface area contributed by atoms with Gasteiger partial charge in [0.15, 0.2) is 11.5 Å². The molecular weight excluding hydrogens is 520 g/mol. The van der Waals surface area contributed by atoms with Crippen molar-refractivity contribution in [3.63, 3.8) is 0 Å². The van der Waals surface area contributed by atoms with Crippen LogP contribution in [-0.4, -0.2) is 49.4 Å². The average molecular weight is 543 g/mol. The van der Waals surface area contributed by atoms with Crippen LogP contribution in [0.15, 0.2) is 64.5 Å². The SMILES string of the molecule is COc1ccc(CCN(C(=O)c2cccs2)C2CC(=O)N(c3ccc(Br)cc3)C2=O)cc1OC. The fourth-order valence-electron chi connectivity index (χ4n) is 3.95. The maximum absolute atomic E-state index is 13.4. The Morgan fingerprint density at radius 1 is 1.09 bits per heavy atom. The number of halogens is 1. The highest BCUT2D eigenvalue weighted by Crippen LogP contribution is 2.30. The number of nitrogens with zero attached hydrogens (tertiary/aromatic N) is 2. The zero-order chi connectivity index (χ0) is 24.2. The molecule has 3 aromatic rings. The number of ether oxygens (including phenoxy) is 2. The molecule has 2 aromatic carbocycles. The van der Waals surface area contributed by atoms with Crippen molar-refractivity contribution in [1.29, 1.82) is 0 Å². The predicted molar refractivity (Wildman–Crippen MR) is 134 cm³/mol. The van der Waals surface area contributed by atoms with E-state index in [-0.39, 0.29) is 24.8 Å². The Kier molecular flexibility index (Phi) is 7.33. The molecular formula is C25H23BrN2O5S. The summed E-state index contributed by atoms with van der Waals surface area (Å²) in [4.78, 5) is 42.8. The van der Waals surface area contributed by atoms with Gasteiger partial charge in [-0.1, -0.05) is 28.1 Å². The van der Waals surface area contributed by atoms with Gasteiger partial charge in [0.2, 0.25) is 5.91 Å². The molecule has 176 valence electrons. The summed E-state index contributed by atoms with van der Waals surface area (Å²) in [5.74, 6) is 0.209. The van der Waals surface area contributed by atoms with Crippen molar-refractivity contribution in [1.82, 2.24) is 4.90 Å². The first-order valence-corrected chi connectivity index (χ1v) is 12.3. The Labute approximate surface area is 210 Å². The van der Waals surface area contributed by atoms with Gasteiger partial charge in [-0.05, 0) is 59.8 Å². The molecule has 1 aliphatic heterocycles. The lowest BCUT2D eigenvalue weighted by Gasteiger charge is -2.27. The smallest absolute Gasteiger partial charge is 0.264 e. The van der Waals surface area contributed by atoms with E-state index < -0.39 is 11.9 Å². The molecule has 3 amide bonds. The monoisotopic (exact) mass is 542 g/mol. The molecule has 1 unspecified atom stereocenters. The fourth-order valence-corrected chi connectivity index (χ4v) is 4.89. The van der Waals surface area contributed by atoms with E-state index in [1.165, 1.54) is 21.1 Å². The number of carbonyl (C=O) groups excluding carboxylic acids is 3. The van der Waals surface area contributed by atoms with Crippen LogP contribution in [-0.2, 0) is 16.0 Å². The minimum absolute atomic E-state index is 0.0576. The second kappa shape index (κ2) is 10.4. The third-order valence-electron chi connectivity index (χ3n) is 5.67. The minimum atomic E-state index is -0.870. The van der Waals surface area contributed by atoms with E-state index >= 15 is 0 Å². The normalized spacial score (nSPS) is 15.5. The van der Waals surface area contributed by atoms with Crippen molar-refractivity contribution in [3.05, 3.63) is 74.9 Å². The van der Waals surface area contributed by atoms with E-state index in [1.807, 2.05) is 17.5 Å². The molecule has 0 saturated carbocycles. The Morgan fingerprint density at radius 3 is 2.47 bits per heavy atom. The van der Waals surface area contributed by atoms with Gasteiger partial charge in [-0.15, -0.1) is 11.3 Å². The zero-order valence-corrected chi connectivity index (χ0v) is 21.1. The van der Waals surface area contributed by atoms with Gasteiger partial charge in [-0.2, -0.15) is 0 Å². The minimum Gasteiger partial charge on any atom is -0.493 e. The van der Waals surface area contributed by atoms with Crippen molar-refractivity contribution < 1.29 is 23.9 Å². The number of rotatable bonds is 8. The molecule has 2 heterocycles. The van der Waals surface area contributed by atoms with Gasteiger partial charge >= 0.3 is 0 Å². The van der Waals surface area contributed by atoms with Crippen LogP contribution in [0.1, 0.15) is 21.7 Å². The van der Waals surface area contributed by atoms with Crippen molar-refractivity contribution in [3.8, 4) is 11.5 Å². The predicted octanol–water partition coefficient (Wildman–Crippen LogP) is 4.54. The van der Waals surface area contributed by atoms with Crippen LogP contribution in [0.3, 0.4) is 0 Å². The van der Waals surface area contributed by atoms with Crippen LogP contribution in [0.2, 0.25) is 0 Å². The molecule has 1 saturated heterocycles. The first-order valence-electron chi connectivity index (χ1n) is 10.6. The van der Waals surface area contributed by atoms with Crippen LogP contribution < -0.4 is 14.4 Å². The Morgan fingerprint density at radius 2 is 1.82 bits per heavy atom. The zero-order valence-electron chi connectivity index (χ0n) is 18.7. The van der Waals surface area contributed by atoms with Gasteiger partial charge in [0.1, 0.15) is 6.04 Å². The Balaban J connectivity index is 1.60. The van der Waals surface area contributed by atoms with Crippen LogP contribution in [0.4, 0.5) is 5.69 Å². The van der Waals surface area contributed by atoms with E-state index in [4.69, 9.17) is 9.47 Å². The van der Waals surface area contributed by atoms with Crippen molar-refractivity contribution in [2.45, 2.75) is 18.9 Å². The van der Waals surface area contributed by atoms with Crippen molar-refractivity contribution in [2.24, 2.45) is 0 Å². The first-order chi connectivity index (χ1) is 16.4. The summed E-state index contributed by atoms with van der Waals surface area (Å²) in [6.45, 7) is 0.268. The van der Waals surface area contributed by atoms with Crippen molar-refractivity contribution in [2.75, 3.05) is 25.7 Å². The second-order valence-electron chi connectivity index (χ2n) is 7.68. The maximum atomic E-state index is 13.4. The Bertz CT molecular complexity index is 1200. The van der Waals surface area contributed by atoms with E-state index in [1.54, 1.807) is 56.7 Å². The van der Waals surface area contributed by atoms with Gasteiger partial charge < -0.3 is 14.4 Å². The largest absolute Gasteiger partial charge is 0.493 e. The fraction of sp³-hybridized carbons (Fsp3) is 0.240. The van der Waals surface area contributed by atoms with Crippen LogP contribution in [0.25, 0.3) is 0 Å². The number of hydrogen-bond acceptors (Lipinski definition) is 6. The van der Waals surface area contributed by atoms with Crippen LogP contribution in [0, 0.1) is 0 Å². The van der Waals surface area contributed by atoms with Gasteiger partial charge in [-0.3, -0.25) is 14.4 Å². The molecule has 1 aliphatic rings. The second-order valence-corrected chi connectivity index (χ2v) is 9.54. The number of carbonyl (C=O) groups is 3. The first kappa shape index (κ1) is 24.0. The molecule has 1 aromatic heterocycles. The summed E-state index contributed by atoms with van der Waals surface area (Å²) in [5.41, 5.74) is 1.41.